The largest absolute Gasteiger partial charge is 0.481 e. The van der Waals surface area contributed by atoms with Crippen molar-refractivity contribution in [3.05, 3.63) is 52.5 Å². The van der Waals surface area contributed by atoms with Crippen molar-refractivity contribution >= 4 is 45.9 Å². The van der Waals surface area contributed by atoms with E-state index in [9.17, 15) is 9.18 Å². The van der Waals surface area contributed by atoms with Crippen LogP contribution in [-0.4, -0.2) is 27.1 Å². The molecule has 1 aromatic heterocycles. The number of nitrogens with one attached hydrogen (secondary N) is 1. The van der Waals surface area contributed by atoms with Crippen LogP contribution in [0.1, 0.15) is 26.7 Å². The summed E-state index contributed by atoms with van der Waals surface area (Å²) in [5, 5.41) is 13.7. The van der Waals surface area contributed by atoms with Crippen LogP contribution in [0.25, 0.3) is 22.0 Å². The summed E-state index contributed by atoms with van der Waals surface area (Å²) in [6.07, 6.45) is 2.44. The molecule has 2 aromatic carbocycles. The number of fused-ring (bicyclic) bond motifs is 1. The predicted octanol–water partition coefficient (Wildman–Crippen LogP) is 6.04. The quantitative estimate of drug-likeness (QED) is 0.472. The molecular weight excluding hydrogens is 416 g/mol. The molecule has 2 atom stereocenters. The minimum Gasteiger partial charge on any atom is -0.481 e. The molecule has 3 rings (SSSR count). The standard InChI is InChI=1S/C21H20Cl2FN3O2/c1-11(21(28)29)3-4-12(2)27-20-18-14(13-5-7-15(22)16(23)9-13)6-8-17(24)19(18)25-10-26-20/h5-12H,3-4H2,1-2H3,(H,28,29)(H,25,26,27). The number of aromatic nitrogens is 2. The van der Waals surface area contributed by atoms with E-state index in [2.05, 4.69) is 15.3 Å². The average Bonchev–Trinajstić information content (AvgIpc) is 2.69. The van der Waals surface area contributed by atoms with E-state index < -0.39 is 17.7 Å². The molecule has 0 aliphatic heterocycles. The first kappa shape index (κ1) is 21.3. The van der Waals surface area contributed by atoms with Crippen molar-refractivity contribution in [2.75, 3.05) is 5.32 Å². The van der Waals surface area contributed by atoms with Crippen LogP contribution in [0.3, 0.4) is 0 Å². The van der Waals surface area contributed by atoms with Gasteiger partial charge in [-0.15, -0.1) is 0 Å². The third kappa shape index (κ3) is 4.77. The summed E-state index contributed by atoms with van der Waals surface area (Å²) in [5.74, 6) is -1.24. The fourth-order valence-electron chi connectivity index (χ4n) is 3.08. The van der Waals surface area contributed by atoms with E-state index in [4.69, 9.17) is 28.3 Å². The zero-order valence-electron chi connectivity index (χ0n) is 15.9. The number of anilines is 1. The SMILES string of the molecule is CC(CCC(C)C(=O)O)Nc1ncnc2c(F)ccc(-c3ccc(Cl)c(Cl)c3)c12. The lowest BCUT2D eigenvalue weighted by molar-refractivity contribution is -0.141. The lowest BCUT2D eigenvalue weighted by atomic mass is 9.99. The summed E-state index contributed by atoms with van der Waals surface area (Å²) in [7, 11) is 0. The molecule has 2 unspecified atom stereocenters. The molecule has 0 aliphatic rings. The zero-order valence-corrected chi connectivity index (χ0v) is 17.4. The normalized spacial score (nSPS) is 13.3. The van der Waals surface area contributed by atoms with Gasteiger partial charge in [0.05, 0.1) is 21.3 Å². The fraction of sp³-hybridized carbons (Fsp3) is 0.286. The van der Waals surface area contributed by atoms with Gasteiger partial charge in [0.2, 0.25) is 0 Å². The monoisotopic (exact) mass is 435 g/mol. The molecule has 8 heteroatoms. The molecule has 0 aliphatic carbocycles. The van der Waals surface area contributed by atoms with Crippen molar-refractivity contribution in [1.29, 1.82) is 0 Å². The summed E-state index contributed by atoms with van der Waals surface area (Å²) in [4.78, 5) is 19.5. The van der Waals surface area contributed by atoms with E-state index in [1.807, 2.05) is 6.92 Å². The van der Waals surface area contributed by atoms with Gasteiger partial charge in [-0.05, 0) is 49.1 Å². The number of aliphatic carboxylic acids is 1. The van der Waals surface area contributed by atoms with Gasteiger partial charge in [0.1, 0.15) is 23.5 Å². The zero-order chi connectivity index (χ0) is 21.1. The predicted molar refractivity (Wildman–Crippen MR) is 114 cm³/mol. The lowest BCUT2D eigenvalue weighted by Crippen LogP contribution is -2.19. The maximum absolute atomic E-state index is 14.5. The topological polar surface area (TPSA) is 75.1 Å². The van der Waals surface area contributed by atoms with Gasteiger partial charge in [-0.25, -0.2) is 14.4 Å². The summed E-state index contributed by atoms with van der Waals surface area (Å²) < 4.78 is 14.5. The number of carboxylic acid groups (broad SMARTS) is 1. The van der Waals surface area contributed by atoms with Gasteiger partial charge < -0.3 is 10.4 Å². The molecule has 0 bridgehead atoms. The third-order valence-corrected chi connectivity index (χ3v) is 5.55. The van der Waals surface area contributed by atoms with Crippen LogP contribution in [0.5, 0.6) is 0 Å². The van der Waals surface area contributed by atoms with Crippen LogP contribution in [-0.2, 0) is 4.79 Å². The van der Waals surface area contributed by atoms with Crippen LogP contribution >= 0.6 is 23.2 Å². The summed E-state index contributed by atoms with van der Waals surface area (Å²) in [6, 6.07) is 8.14. The Kier molecular flexibility index (Phi) is 6.55. The molecule has 0 fully saturated rings. The second-order valence-corrected chi connectivity index (χ2v) is 7.85. The first-order valence-electron chi connectivity index (χ1n) is 9.16. The van der Waals surface area contributed by atoms with Crippen molar-refractivity contribution in [2.24, 2.45) is 5.92 Å². The van der Waals surface area contributed by atoms with Crippen molar-refractivity contribution in [1.82, 2.24) is 9.97 Å². The summed E-state index contributed by atoms with van der Waals surface area (Å²) in [6.45, 7) is 3.60. The first-order chi connectivity index (χ1) is 13.8. The van der Waals surface area contributed by atoms with Crippen LogP contribution in [0.15, 0.2) is 36.7 Å². The molecule has 0 saturated heterocycles. The molecule has 0 amide bonds. The van der Waals surface area contributed by atoms with Crippen molar-refractivity contribution in [3.8, 4) is 11.1 Å². The van der Waals surface area contributed by atoms with Gasteiger partial charge in [-0.3, -0.25) is 4.79 Å². The van der Waals surface area contributed by atoms with Crippen LogP contribution in [0.2, 0.25) is 10.0 Å². The van der Waals surface area contributed by atoms with Gasteiger partial charge in [0, 0.05) is 6.04 Å². The molecule has 2 N–H and O–H groups in total. The Morgan fingerprint density at radius 2 is 1.90 bits per heavy atom. The van der Waals surface area contributed by atoms with E-state index >= 15 is 0 Å². The Balaban J connectivity index is 2.00. The van der Waals surface area contributed by atoms with Gasteiger partial charge >= 0.3 is 5.97 Å². The third-order valence-electron chi connectivity index (χ3n) is 4.81. The Morgan fingerprint density at radius 1 is 1.14 bits per heavy atom. The minimum absolute atomic E-state index is 0.0696. The Bertz CT molecular complexity index is 1060. The maximum Gasteiger partial charge on any atom is 0.306 e. The molecular formula is C21H20Cl2FN3O2. The molecule has 1 heterocycles. The first-order valence-corrected chi connectivity index (χ1v) is 9.91. The van der Waals surface area contributed by atoms with E-state index in [-0.39, 0.29) is 11.6 Å². The number of hydrogen-bond acceptors (Lipinski definition) is 4. The molecule has 5 nitrogen and oxygen atoms in total. The van der Waals surface area contributed by atoms with Crippen LogP contribution < -0.4 is 5.32 Å². The number of rotatable bonds is 7. The number of nitrogens with zero attached hydrogens (tertiary/aromatic N) is 2. The van der Waals surface area contributed by atoms with E-state index in [0.29, 0.717) is 39.7 Å². The number of halogens is 3. The van der Waals surface area contributed by atoms with Gasteiger partial charge in [-0.2, -0.15) is 0 Å². The smallest absolute Gasteiger partial charge is 0.306 e. The fourth-order valence-corrected chi connectivity index (χ4v) is 3.38. The minimum atomic E-state index is -0.825. The number of carbonyl (C=O) groups is 1. The van der Waals surface area contributed by atoms with Gasteiger partial charge in [0.15, 0.2) is 0 Å². The lowest BCUT2D eigenvalue weighted by Gasteiger charge is -2.18. The van der Waals surface area contributed by atoms with E-state index in [1.54, 1.807) is 31.2 Å². The van der Waals surface area contributed by atoms with E-state index in [0.717, 1.165) is 5.56 Å². The van der Waals surface area contributed by atoms with Gasteiger partial charge in [-0.1, -0.05) is 42.3 Å². The van der Waals surface area contributed by atoms with Crippen LogP contribution in [0, 0.1) is 11.7 Å². The Morgan fingerprint density at radius 3 is 2.59 bits per heavy atom. The average molecular weight is 436 g/mol. The Hall–Kier alpha value is -2.44. The van der Waals surface area contributed by atoms with E-state index in [1.165, 1.54) is 12.4 Å². The van der Waals surface area contributed by atoms with Crippen molar-refractivity contribution in [2.45, 2.75) is 32.7 Å². The Labute approximate surface area is 177 Å². The highest BCUT2D eigenvalue weighted by Crippen LogP contribution is 2.36. The van der Waals surface area contributed by atoms with Crippen molar-refractivity contribution < 1.29 is 14.3 Å². The number of benzene rings is 2. The highest BCUT2D eigenvalue weighted by Gasteiger charge is 2.17. The summed E-state index contributed by atoms with van der Waals surface area (Å²) in [5.41, 5.74) is 1.67. The highest BCUT2D eigenvalue weighted by molar-refractivity contribution is 6.42. The molecule has 0 saturated carbocycles. The van der Waals surface area contributed by atoms with Crippen LogP contribution in [0.4, 0.5) is 10.2 Å². The molecule has 29 heavy (non-hydrogen) atoms. The van der Waals surface area contributed by atoms with Crippen molar-refractivity contribution in [3.63, 3.8) is 0 Å². The maximum atomic E-state index is 14.5. The summed E-state index contributed by atoms with van der Waals surface area (Å²) >= 11 is 12.2. The number of hydrogen-bond donors (Lipinski definition) is 2. The molecule has 0 spiro atoms. The molecule has 152 valence electrons. The highest BCUT2D eigenvalue weighted by atomic mass is 35.5. The van der Waals surface area contributed by atoms with Gasteiger partial charge in [0.25, 0.3) is 0 Å². The number of carboxylic acids is 1. The second kappa shape index (κ2) is 8.93. The molecule has 3 aromatic rings. The second-order valence-electron chi connectivity index (χ2n) is 7.03. The molecule has 0 radical (unpaired) electrons.